The third kappa shape index (κ3) is 2.41. The van der Waals surface area contributed by atoms with Crippen LogP contribution in [0.25, 0.3) is 0 Å². The summed E-state index contributed by atoms with van der Waals surface area (Å²) in [5, 5.41) is 3.27. The molecule has 0 saturated heterocycles. The SMILES string of the molecule is Cc1ccsc1C(N)c1cc(Cl)cc(Cl)c1. The van der Waals surface area contributed by atoms with E-state index in [0.717, 1.165) is 10.4 Å². The molecule has 1 atom stereocenters. The first-order valence-electron chi connectivity index (χ1n) is 4.83. The summed E-state index contributed by atoms with van der Waals surface area (Å²) in [5.74, 6) is 0. The van der Waals surface area contributed by atoms with E-state index in [9.17, 15) is 0 Å². The quantitative estimate of drug-likeness (QED) is 0.860. The number of thiophene rings is 1. The fourth-order valence-electron chi connectivity index (χ4n) is 1.61. The van der Waals surface area contributed by atoms with Crippen molar-refractivity contribution in [1.29, 1.82) is 0 Å². The van der Waals surface area contributed by atoms with Gasteiger partial charge in [0.25, 0.3) is 0 Å². The Bertz CT molecular complexity index is 487. The van der Waals surface area contributed by atoms with Crippen LogP contribution in [0.4, 0.5) is 0 Å². The van der Waals surface area contributed by atoms with Crippen LogP contribution in [0.2, 0.25) is 10.0 Å². The van der Waals surface area contributed by atoms with Gasteiger partial charge in [-0.2, -0.15) is 0 Å². The van der Waals surface area contributed by atoms with E-state index in [4.69, 9.17) is 28.9 Å². The van der Waals surface area contributed by atoms with Crippen molar-refractivity contribution >= 4 is 34.5 Å². The highest BCUT2D eigenvalue weighted by Crippen LogP contribution is 2.30. The first-order chi connectivity index (χ1) is 7.58. The van der Waals surface area contributed by atoms with E-state index < -0.39 is 0 Å². The summed E-state index contributed by atoms with van der Waals surface area (Å²) < 4.78 is 0. The molecule has 0 spiro atoms. The van der Waals surface area contributed by atoms with Crippen LogP contribution in [-0.2, 0) is 0 Å². The average molecular weight is 272 g/mol. The lowest BCUT2D eigenvalue weighted by molar-refractivity contribution is 0.885. The Morgan fingerprint density at radius 2 is 1.81 bits per heavy atom. The highest BCUT2D eigenvalue weighted by atomic mass is 35.5. The van der Waals surface area contributed by atoms with Gasteiger partial charge in [0.05, 0.1) is 6.04 Å². The fraction of sp³-hybridized carbons (Fsp3) is 0.167. The van der Waals surface area contributed by atoms with Crippen LogP contribution in [0.1, 0.15) is 22.0 Å². The lowest BCUT2D eigenvalue weighted by Crippen LogP contribution is -2.11. The van der Waals surface area contributed by atoms with Gasteiger partial charge < -0.3 is 5.73 Å². The first-order valence-corrected chi connectivity index (χ1v) is 6.47. The molecule has 4 heteroatoms. The highest BCUT2D eigenvalue weighted by Gasteiger charge is 2.13. The van der Waals surface area contributed by atoms with E-state index in [2.05, 4.69) is 13.0 Å². The van der Waals surface area contributed by atoms with Gasteiger partial charge in [-0.1, -0.05) is 23.2 Å². The number of hydrogen-bond acceptors (Lipinski definition) is 2. The smallest absolute Gasteiger partial charge is 0.0649 e. The molecule has 0 aliphatic rings. The molecule has 2 N–H and O–H groups in total. The van der Waals surface area contributed by atoms with Crippen molar-refractivity contribution in [3.05, 3.63) is 55.7 Å². The standard InChI is InChI=1S/C12H11Cl2NS/c1-7-2-3-16-12(7)11(15)8-4-9(13)6-10(14)5-8/h2-6,11H,15H2,1H3. The molecule has 2 rings (SSSR count). The average Bonchev–Trinajstić information content (AvgIpc) is 2.62. The summed E-state index contributed by atoms with van der Waals surface area (Å²) in [6, 6.07) is 7.33. The van der Waals surface area contributed by atoms with Crippen LogP contribution in [0.3, 0.4) is 0 Å². The van der Waals surface area contributed by atoms with Crippen molar-refractivity contribution in [2.45, 2.75) is 13.0 Å². The zero-order valence-corrected chi connectivity index (χ0v) is 11.0. The van der Waals surface area contributed by atoms with E-state index in [-0.39, 0.29) is 6.04 Å². The maximum absolute atomic E-state index is 6.19. The van der Waals surface area contributed by atoms with Crippen LogP contribution in [0.5, 0.6) is 0 Å². The molecule has 1 heterocycles. The Balaban J connectivity index is 2.41. The second kappa shape index (κ2) is 4.76. The third-order valence-electron chi connectivity index (χ3n) is 2.43. The molecule has 0 radical (unpaired) electrons. The summed E-state index contributed by atoms with van der Waals surface area (Å²) >= 11 is 13.6. The maximum atomic E-state index is 6.19. The van der Waals surface area contributed by atoms with Crippen LogP contribution < -0.4 is 5.73 Å². The van der Waals surface area contributed by atoms with Gasteiger partial charge in [-0.3, -0.25) is 0 Å². The minimum Gasteiger partial charge on any atom is -0.320 e. The minimum absolute atomic E-state index is 0.156. The molecule has 1 aromatic carbocycles. The van der Waals surface area contributed by atoms with E-state index >= 15 is 0 Å². The number of hydrogen-bond donors (Lipinski definition) is 1. The summed E-state index contributed by atoms with van der Waals surface area (Å²) in [6.07, 6.45) is 0. The molecule has 0 aliphatic heterocycles. The Hall–Kier alpha value is -0.540. The first kappa shape index (κ1) is 11.9. The Morgan fingerprint density at radius 1 is 1.19 bits per heavy atom. The lowest BCUT2D eigenvalue weighted by Gasteiger charge is -2.12. The molecule has 1 unspecified atom stereocenters. The van der Waals surface area contributed by atoms with Crippen molar-refractivity contribution in [2.75, 3.05) is 0 Å². The highest BCUT2D eigenvalue weighted by molar-refractivity contribution is 7.10. The Kier molecular flexibility index (Phi) is 3.55. The van der Waals surface area contributed by atoms with Crippen molar-refractivity contribution in [2.24, 2.45) is 5.73 Å². The van der Waals surface area contributed by atoms with E-state index in [0.29, 0.717) is 10.0 Å². The molecule has 0 amide bonds. The molecule has 0 fully saturated rings. The number of rotatable bonds is 2. The van der Waals surface area contributed by atoms with Crippen molar-refractivity contribution in [3.63, 3.8) is 0 Å². The zero-order chi connectivity index (χ0) is 11.7. The van der Waals surface area contributed by atoms with Gasteiger partial charge in [-0.05, 0) is 47.7 Å². The summed E-state index contributed by atoms with van der Waals surface area (Å²) in [4.78, 5) is 1.15. The monoisotopic (exact) mass is 271 g/mol. The van der Waals surface area contributed by atoms with Crippen LogP contribution >= 0.6 is 34.5 Å². The van der Waals surface area contributed by atoms with Crippen molar-refractivity contribution in [3.8, 4) is 0 Å². The molecule has 0 bridgehead atoms. The van der Waals surface area contributed by atoms with E-state index in [1.807, 2.05) is 17.5 Å². The number of halogens is 2. The van der Waals surface area contributed by atoms with Crippen LogP contribution in [0, 0.1) is 6.92 Å². The topological polar surface area (TPSA) is 26.0 Å². The van der Waals surface area contributed by atoms with E-state index in [1.54, 1.807) is 17.4 Å². The normalized spacial score (nSPS) is 12.8. The van der Waals surface area contributed by atoms with Gasteiger partial charge in [-0.25, -0.2) is 0 Å². The summed E-state index contributed by atoms with van der Waals surface area (Å²) in [5.41, 5.74) is 8.34. The predicted molar refractivity (Wildman–Crippen MR) is 71.5 cm³/mol. The lowest BCUT2D eigenvalue weighted by atomic mass is 10.0. The fourth-order valence-corrected chi connectivity index (χ4v) is 3.11. The summed E-state index contributed by atoms with van der Waals surface area (Å²) in [7, 11) is 0. The summed E-state index contributed by atoms with van der Waals surface area (Å²) in [6.45, 7) is 2.05. The van der Waals surface area contributed by atoms with Gasteiger partial charge in [0.15, 0.2) is 0 Å². The second-order valence-electron chi connectivity index (χ2n) is 3.65. The number of nitrogens with two attached hydrogens (primary N) is 1. The molecule has 84 valence electrons. The number of aryl methyl sites for hydroxylation is 1. The largest absolute Gasteiger partial charge is 0.320 e. The molecule has 0 aliphatic carbocycles. The zero-order valence-electron chi connectivity index (χ0n) is 8.71. The van der Waals surface area contributed by atoms with Gasteiger partial charge in [0.1, 0.15) is 0 Å². The Labute approximate surface area is 109 Å². The molecular formula is C12H11Cl2NS. The number of benzene rings is 1. The molecule has 1 nitrogen and oxygen atoms in total. The molecule has 0 saturated carbocycles. The van der Waals surface area contributed by atoms with Gasteiger partial charge in [0, 0.05) is 14.9 Å². The van der Waals surface area contributed by atoms with Gasteiger partial charge in [0.2, 0.25) is 0 Å². The molecule has 2 aromatic rings. The van der Waals surface area contributed by atoms with E-state index in [1.165, 1.54) is 5.56 Å². The van der Waals surface area contributed by atoms with Crippen molar-refractivity contribution in [1.82, 2.24) is 0 Å². The third-order valence-corrected chi connectivity index (χ3v) is 3.97. The predicted octanol–water partition coefficient (Wildman–Crippen LogP) is 4.41. The maximum Gasteiger partial charge on any atom is 0.0649 e. The molecule has 1 aromatic heterocycles. The van der Waals surface area contributed by atoms with Crippen molar-refractivity contribution < 1.29 is 0 Å². The van der Waals surface area contributed by atoms with Crippen LogP contribution in [0.15, 0.2) is 29.6 Å². The minimum atomic E-state index is -0.156. The van der Waals surface area contributed by atoms with Gasteiger partial charge in [-0.15, -0.1) is 11.3 Å². The van der Waals surface area contributed by atoms with Crippen LogP contribution in [-0.4, -0.2) is 0 Å². The van der Waals surface area contributed by atoms with Gasteiger partial charge >= 0.3 is 0 Å². The molecular weight excluding hydrogens is 261 g/mol. The molecule has 16 heavy (non-hydrogen) atoms. The second-order valence-corrected chi connectivity index (χ2v) is 5.47. The Morgan fingerprint density at radius 3 is 2.31 bits per heavy atom.